The molecule has 1 aliphatic carbocycles. The maximum Gasteiger partial charge on any atom is 0.0568 e. The number of hydrogen-bond donors (Lipinski definition) is 1. The quantitative estimate of drug-likeness (QED) is 0.677. The first-order valence-corrected chi connectivity index (χ1v) is 6.95. The summed E-state index contributed by atoms with van der Waals surface area (Å²) in [6.45, 7) is 3.12. The van der Waals surface area contributed by atoms with Crippen LogP contribution in [-0.4, -0.2) is 24.9 Å². The fraction of sp³-hybridized carbons (Fsp3) is 1.00. The Hall–Kier alpha value is -0.0800. The second-order valence-electron chi connectivity index (χ2n) is 5.28. The van der Waals surface area contributed by atoms with Gasteiger partial charge in [-0.05, 0) is 43.9 Å². The van der Waals surface area contributed by atoms with E-state index in [1.165, 1.54) is 38.5 Å². The first-order chi connectivity index (χ1) is 7.77. The first-order valence-electron chi connectivity index (χ1n) is 6.95. The van der Waals surface area contributed by atoms with Crippen molar-refractivity contribution in [2.45, 2.75) is 64.4 Å². The van der Waals surface area contributed by atoms with Gasteiger partial charge >= 0.3 is 0 Å². The number of unbranched alkanes of at least 4 members (excludes halogenated alkanes) is 1. The van der Waals surface area contributed by atoms with Crippen molar-refractivity contribution in [3.63, 3.8) is 0 Å². The number of hydrogen-bond acceptors (Lipinski definition) is 2. The third-order valence-electron chi connectivity index (χ3n) is 3.92. The van der Waals surface area contributed by atoms with Gasteiger partial charge in [-0.3, -0.25) is 0 Å². The molecule has 1 aliphatic rings. The molecule has 16 heavy (non-hydrogen) atoms. The predicted octanol–water partition coefficient (Wildman–Crippen LogP) is 3.38. The van der Waals surface area contributed by atoms with E-state index < -0.39 is 0 Å². The maximum atomic E-state index is 9.98. The topological polar surface area (TPSA) is 29.5 Å². The van der Waals surface area contributed by atoms with Gasteiger partial charge in [-0.25, -0.2) is 0 Å². The molecule has 2 nitrogen and oxygen atoms in total. The molecule has 0 spiro atoms. The van der Waals surface area contributed by atoms with E-state index in [-0.39, 0.29) is 6.10 Å². The van der Waals surface area contributed by atoms with Gasteiger partial charge in [0.1, 0.15) is 0 Å². The average molecular weight is 228 g/mol. The number of methoxy groups -OCH3 is 1. The zero-order valence-electron chi connectivity index (χ0n) is 11.0. The van der Waals surface area contributed by atoms with Crippen molar-refractivity contribution >= 4 is 0 Å². The lowest BCUT2D eigenvalue weighted by Crippen LogP contribution is -2.29. The monoisotopic (exact) mass is 228 g/mol. The lowest BCUT2D eigenvalue weighted by molar-refractivity contribution is 0.0396. The predicted molar refractivity (Wildman–Crippen MR) is 67.5 cm³/mol. The molecule has 96 valence electrons. The smallest absolute Gasteiger partial charge is 0.0568 e. The van der Waals surface area contributed by atoms with Crippen molar-refractivity contribution in [3.8, 4) is 0 Å². The molecule has 1 fully saturated rings. The van der Waals surface area contributed by atoms with Crippen molar-refractivity contribution < 1.29 is 9.84 Å². The maximum absolute atomic E-state index is 9.98. The summed E-state index contributed by atoms with van der Waals surface area (Å²) in [4.78, 5) is 0. The highest BCUT2D eigenvalue weighted by Crippen LogP contribution is 2.34. The standard InChI is InChI=1S/C14H28O2/c1-3-6-12-8-9-14(15)13(11-12)7-4-5-10-16-2/h12-15H,3-11H2,1-2H3. The highest BCUT2D eigenvalue weighted by atomic mass is 16.5. The van der Waals surface area contributed by atoms with Crippen molar-refractivity contribution in [1.29, 1.82) is 0 Å². The normalized spacial score (nSPS) is 30.6. The van der Waals surface area contributed by atoms with Gasteiger partial charge in [-0.2, -0.15) is 0 Å². The molecular weight excluding hydrogens is 200 g/mol. The van der Waals surface area contributed by atoms with E-state index in [0.29, 0.717) is 5.92 Å². The molecule has 0 aromatic heterocycles. The SMILES string of the molecule is CCCC1CCC(O)C(CCCCOC)C1. The summed E-state index contributed by atoms with van der Waals surface area (Å²) in [6, 6.07) is 0. The Bertz CT molecular complexity index is 170. The first kappa shape index (κ1) is 14.0. The minimum Gasteiger partial charge on any atom is -0.393 e. The summed E-state index contributed by atoms with van der Waals surface area (Å²) in [5, 5.41) is 9.98. The van der Waals surface area contributed by atoms with Crippen molar-refractivity contribution in [2.24, 2.45) is 11.8 Å². The second kappa shape index (κ2) is 8.08. The van der Waals surface area contributed by atoms with Crippen LogP contribution in [0.5, 0.6) is 0 Å². The van der Waals surface area contributed by atoms with E-state index in [1.54, 1.807) is 7.11 Å². The van der Waals surface area contributed by atoms with Crippen LogP contribution in [0.15, 0.2) is 0 Å². The summed E-state index contributed by atoms with van der Waals surface area (Å²) in [6.07, 6.45) is 9.65. The molecule has 0 saturated heterocycles. The van der Waals surface area contributed by atoms with E-state index in [9.17, 15) is 5.11 Å². The van der Waals surface area contributed by atoms with E-state index in [4.69, 9.17) is 4.74 Å². The Morgan fingerprint density at radius 3 is 2.69 bits per heavy atom. The third kappa shape index (κ3) is 4.84. The lowest BCUT2D eigenvalue weighted by atomic mass is 9.76. The van der Waals surface area contributed by atoms with Crippen LogP contribution in [0.4, 0.5) is 0 Å². The molecule has 3 atom stereocenters. The van der Waals surface area contributed by atoms with Crippen LogP contribution in [0.3, 0.4) is 0 Å². The molecular formula is C14H28O2. The van der Waals surface area contributed by atoms with E-state index in [1.807, 2.05) is 0 Å². The molecule has 0 aromatic carbocycles. The van der Waals surface area contributed by atoms with Gasteiger partial charge < -0.3 is 9.84 Å². The summed E-state index contributed by atoms with van der Waals surface area (Å²) in [5.41, 5.74) is 0. The van der Waals surface area contributed by atoms with Crippen LogP contribution in [0.1, 0.15) is 58.3 Å². The Morgan fingerprint density at radius 2 is 2.00 bits per heavy atom. The molecule has 0 aromatic rings. The number of aliphatic hydroxyl groups excluding tert-OH is 1. The molecule has 0 bridgehead atoms. The number of aliphatic hydroxyl groups is 1. The largest absolute Gasteiger partial charge is 0.393 e. The molecule has 2 heteroatoms. The van der Waals surface area contributed by atoms with E-state index >= 15 is 0 Å². The highest BCUT2D eigenvalue weighted by molar-refractivity contribution is 4.79. The van der Waals surface area contributed by atoms with Gasteiger partial charge in [-0.1, -0.05) is 26.2 Å². The molecule has 1 rings (SSSR count). The zero-order valence-corrected chi connectivity index (χ0v) is 11.0. The minimum absolute atomic E-state index is 0.0318. The Labute approximate surface area is 100 Å². The van der Waals surface area contributed by atoms with Crippen LogP contribution in [-0.2, 0) is 4.74 Å². The summed E-state index contributed by atoms with van der Waals surface area (Å²) in [5.74, 6) is 1.43. The summed E-state index contributed by atoms with van der Waals surface area (Å²) in [7, 11) is 1.76. The molecule has 0 radical (unpaired) electrons. The lowest BCUT2D eigenvalue weighted by Gasteiger charge is -2.33. The second-order valence-corrected chi connectivity index (χ2v) is 5.28. The summed E-state index contributed by atoms with van der Waals surface area (Å²) >= 11 is 0. The highest BCUT2D eigenvalue weighted by Gasteiger charge is 2.27. The van der Waals surface area contributed by atoms with Crippen LogP contribution in [0.25, 0.3) is 0 Å². The van der Waals surface area contributed by atoms with E-state index in [2.05, 4.69) is 6.92 Å². The number of ether oxygens (including phenoxy) is 1. The number of rotatable bonds is 7. The van der Waals surface area contributed by atoms with Gasteiger partial charge in [0.15, 0.2) is 0 Å². The van der Waals surface area contributed by atoms with Crippen molar-refractivity contribution in [1.82, 2.24) is 0 Å². The fourth-order valence-corrected chi connectivity index (χ4v) is 2.98. The molecule has 3 unspecified atom stereocenters. The molecule has 1 saturated carbocycles. The van der Waals surface area contributed by atoms with Crippen LogP contribution in [0.2, 0.25) is 0 Å². The Kier molecular flexibility index (Phi) is 7.06. The summed E-state index contributed by atoms with van der Waals surface area (Å²) < 4.78 is 5.06. The molecule has 1 N–H and O–H groups in total. The molecule has 0 aliphatic heterocycles. The van der Waals surface area contributed by atoms with E-state index in [0.717, 1.165) is 25.4 Å². The van der Waals surface area contributed by atoms with Gasteiger partial charge in [0.25, 0.3) is 0 Å². The molecule has 0 heterocycles. The average Bonchev–Trinajstić information content (AvgIpc) is 2.29. The van der Waals surface area contributed by atoms with Crippen LogP contribution >= 0.6 is 0 Å². The van der Waals surface area contributed by atoms with Crippen LogP contribution in [0, 0.1) is 11.8 Å². The van der Waals surface area contributed by atoms with Gasteiger partial charge in [0.05, 0.1) is 6.10 Å². The van der Waals surface area contributed by atoms with Crippen molar-refractivity contribution in [3.05, 3.63) is 0 Å². The van der Waals surface area contributed by atoms with Crippen LogP contribution < -0.4 is 0 Å². The third-order valence-corrected chi connectivity index (χ3v) is 3.92. The van der Waals surface area contributed by atoms with Gasteiger partial charge in [0.2, 0.25) is 0 Å². The zero-order chi connectivity index (χ0) is 11.8. The van der Waals surface area contributed by atoms with Crippen molar-refractivity contribution in [2.75, 3.05) is 13.7 Å². The Morgan fingerprint density at radius 1 is 1.19 bits per heavy atom. The molecule has 0 amide bonds. The van der Waals surface area contributed by atoms with Gasteiger partial charge in [-0.15, -0.1) is 0 Å². The Balaban J connectivity index is 2.21. The fourth-order valence-electron chi connectivity index (χ4n) is 2.98. The minimum atomic E-state index is -0.0318. The van der Waals surface area contributed by atoms with Gasteiger partial charge in [0, 0.05) is 13.7 Å².